The van der Waals surface area contributed by atoms with Crippen molar-refractivity contribution < 1.29 is 9.59 Å². The number of carbonyl (C=O) groups is 2. The van der Waals surface area contributed by atoms with Gasteiger partial charge in [-0.3, -0.25) is 19.1 Å². The molecule has 1 aromatic heterocycles. The average Bonchev–Trinajstić information content (AvgIpc) is 3.20. The zero-order chi connectivity index (χ0) is 19.3. The molecule has 28 heavy (non-hydrogen) atoms. The first-order chi connectivity index (χ1) is 13.7. The molecular formula is C24H22N2O2. The van der Waals surface area contributed by atoms with E-state index in [-0.39, 0.29) is 11.7 Å². The fraction of sp³-hybridized carbons (Fsp3) is 0.167. The van der Waals surface area contributed by atoms with E-state index in [1.807, 2.05) is 48.5 Å². The molecule has 140 valence electrons. The predicted molar refractivity (Wildman–Crippen MR) is 110 cm³/mol. The minimum atomic E-state index is -0.0778. The molecule has 2 aromatic carbocycles. The van der Waals surface area contributed by atoms with E-state index < -0.39 is 0 Å². The number of ketones is 1. The molecule has 0 bridgehead atoms. The van der Waals surface area contributed by atoms with Crippen molar-refractivity contribution in [2.75, 3.05) is 13.1 Å². The molecule has 3 aromatic rings. The lowest BCUT2D eigenvalue weighted by Gasteiger charge is -2.27. The van der Waals surface area contributed by atoms with Crippen LogP contribution in [0.25, 0.3) is 6.08 Å². The summed E-state index contributed by atoms with van der Waals surface area (Å²) in [6.07, 6.45) is 5.97. The number of rotatable bonds is 4. The van der Waals surface area contributed by atoms with Crippen molar-refractivity contribution in [3.63, 3.8) is 0 Å². The zero-order valence-corrected chi connectivity index (χ0v) is 15.6. The third-order valence-corrected chi connectivity index (χ3v) is 4.97. The topological polar surface area (TPSA) is 42.3 Å². The molecule has 0 atom stereocenters. The van der Waals surface area contributed by atoms with E-state index in [0.717, 1.165) is 24.2 Å². The molecule has 0 unspecified atom stereocenters. The van der Waals surface area contributed by atoms with Gasteiger partial charge in [-0.15, -0.1) is 0 Å². The molecule has 0 aliphatic carbocycles. The highest BCUT2D eigenvalue weighted by Gasteiger charge is 2.21. The van der Waals surface area contributed by atoms with Crippen LogP contribution in [0, 0.1) is 0 Å². The Bertz CT molecular complexity index is 1000. The Balaban J connectivity index is 1.49. The van der Waals surface area contributed by atoms with Gasteiger partial charge in [-0.25, -0.2) is 0 Å². The third kappa shape index (κ3) is 4.18. The quantitative estimate of drug-likeness (QED) is 0.651. The first-order valence-corrected chi connectivity index (χ1v) is 9.47. The van der Waals surface area contributed by atoms with Crippen molar-refractivity contribution >= 4 is 17.8 Å². The lowest BCUT2D eigenvalue weighted by Crippen LogP contribution is -2.35. The van der Waals surface area contributed by atoms with Gasteiger partial charge in [-0.05, 0) is 35.4 Å². The maximum absolute atomic E-state index is 12.5. The number of benzene rings is 2. The summed E-state index contributed by atoms with van der Waals surface area (Å²) in [5.41, 5.74) is 3.55. The van der Waals surface area contributed by atoms with Crippen LogP contribution in [0.2, 0.25) is 0 Å². The lowest BCUT2D eigenvalue weighted by atomic mass is 10.0. The maximum Gasteiger partial charge on any atom is 0.261 e. The number of hydrogen-bond acceptors (Lipinski definition) is 3. The molecule has 0 saturated carbocycles. The molecule has 0 spiro atoms. The molecule has 0 N–H and O–H groups in total. The van der Waals surface area contributed by atoms with Crippen molar-refractivity contribution in [1.82, 2.24) is 9.47 Å². The Morgan fingerprint density at radius 1 is 0.964 bits per heavy atom. The number of carbonyl (C=O) groups excluding carboxylic acids is 2. The third-order valence-electron chi connectivity index (χ3n) is 4.97. The predicted octanol–water partition coefficient (Wildman–Crippen LogP) is 4.04. The molecule has 1 saturated heterocycles. The molecule has 4 nitrogen and oxygen atoms in total. The first-order valence-electron chi connectivity index (χ1n) is 9.47. The summed E-state index contributed by atoms with van der Waals surface area (Å²) >= 11 is 0. The van der Waals surface area contributed by atoms with Gasteiger partial charge in [0.05, 0.1) is 0 Å². The van der Waals surface area contributed by atoms with Gasteiger partial charge in [0, 0.05) is 49.6 Å². The fourth-order valence-electron chi connectivity index (χ4n) is 3.49. The van der Waals surface area contributed by atoms with Crippen molar-refractivity contribution in [2.45, 2.75) is 13.0 Å². The van der Waals surface area contributed by atoms with Gasteiger partial charge in [-0.1, -0.05) is 48.5 Å². The molecular weight excluding hydrogens is 348 g/mol. The highest BCUT2D eigenvalue weighted by atomic mass is 16.2. The molecule has 1 aliphatic heterocycles. The standard InChI is InChI=1S/C24H22N2O2/c27-23-12-13-25(16-19-7-3-1-4-8-19)18-22(23)15-20-11-14-26(17-20)24(28)21-9-5-2-6-10-21/h1-11,14-15,17H,12-13,16,18H2/b22-15+. The summed E-state index contributed by atoms with van der Waals surface area (Å²) in [6, 6.07) is 21.3. The van der Waals surface area contributed by atoms with Crippen LogP contribution >= 0.6 is 0 Å². The van der Waals surface area contributed by atoms with Gasteiger partial charge in [0.2, 0.25) is 0 Å². The van der Waals surface area contributed by atoms with E-state index in [2.05, 4.69) is 17.0 Å². The summed E-state index contributed by atoms with van der Waals surface area (Å²) in [6.45, 7) is 2.24. The molecule has 1 aliphatic rings. The van der Waals surface area contributed by atoms with E-state index in [0.29, 0.717) is 18.5 Å². The summed E-state index contributed by atoms with van der Waals surface area (Å²) < 4.78 is 1.57. The number of likely N-dealkylation sites (tertiary alicyclic amines) is 1. The normalized spacial score (nSPS) is 16.4. The monoisotopic (exact) mass is 370 g/mol. The number of piperidine rings is 1. The Morgan fingerprint density at radius 3 is 2.43 bits per heavy atom. The first kappa shape index (κ1) is 18.1. The lowest BCUT2D eigenvalue weighted by molar-refractivity contribution is -0.117. The fourth-order valence-corrected chi connectivity index (χ4v) is 3.49. The van der Waals surface area contributed by atoms with Crippen LogP contribution in [0.4, 0.5) is 0 Å². The van der Waals surface area contributed by atoms with Gasteiger partial charge in [0.15, 0.2) is 5.78 Å². The van der Waals surface area contributed by atoms with Crippen molar-refractivity contribution in [3.8, 4) is 0 Å². The van der Waals surface area contributed by atoms with E-state index in [4.69, 9.17) is 0 Å². The summed E-state index contributed by atoms with van der Waals surface area (Å²) in [7, 11) is 0. The molecule has 4 heteroatoms. The smallest absolute Gasteiger partial charge is 0.261 e. The van der Waals surface area contributed by atoms with E-state index >= 15 is 0 Å². The molecule has 2 heterocycles. The van der Waals surface area contributed by atoms with Gasteiger partial charge in [-0.2, -0.15) is 0 Å². The van der Waals surface area contributed by atoms with Crippen LogP contribution in [-0.4, -0.2) is 34.2 Å². The van der Waals surface area contributed by atoms with Crippen LogP contribution in [0.3, 0.4) is 0 Å². The van der Waals surface area contributed by atoms with Gasteiger partial charge >= 0.3 is 0 Å². The molecule has 4 rings (SSSR count). The van der Waals surface area contributed by atoms with Crippen molar-refractivity contribution in [2.24, 2.45) is 0 Å². The average molecular weight is 370 g/mol. The summed E-state index contributed by atoms with van der Waals surface area (Å²) in [5.74, 6) is 0.109. The molecule has 1 fully saturated rings. The van der Waals surface area contributed by atoms with E-state index in [1.54, 1.807) is 29.1 Å². The minimum Gasteiger partial charge on any atom is -0.294 e. The second kappa shape index (κ2) is 8.19. The highest BCUT2D eigenvalue weighted by Crippen LogP contribution is 2.19. The van der Waals surface area contributed by atoms with Crippen molar-refractivity contribution in [1.29, 1.82) is 0 Å². The second-order valence-electron chi connectivity index (χ2n) is 7.06. The Morgan fingerprint density at radius 2 is 1.68 bits per heavy atom. The number of nitrogens with zero attached hydrogens (tertiary/aromatic N) is 2. The summed E-state index contributed by atoms with van der Waals surface area (Å²) in [4.78, 5) is 27.2. The van der Waals surface area contributed by atoms with Gasteiger partial charge < -0.3 is 0 Å². The van der Waals surface area contributed by atoms with Crippen molar-refractivity contribution in [3.05, 3.63) is 101 Å². The number of Topliss-reactive ketones (excluding diaryl/α,β-unsaturated/α-hetero) is 1. The molecule has 0 amide bonds. The molecule has 0 radical (unpaired) electrons. The minimum absolute atomic E-state index is 0.0778. The SMILES string of the molecule is O=C1CCN(Cc2ccccc2)C/C1=C\c1ccn(C(=O)c2ccccc2)c1. The Hall–Kier alpha value is -3.24. The zero-order valence-electron chi connectivity index (χ0n) is 15.6. The van der Waals surface area contributed by atoms with Crippen LogP contribution in [0.5, 0.6) is 0 Å². The van der Waals surface area contributed by atoms with E-state index in [9.17, 15) is 9.59 Å². The van der Waals surface area contributed by atoms with Crippen LogP contribution in [0.1, 0.15) is 27.9 Å². The van der Waals surface area contributed by atoms with Crippen LogP contribution < -0.4 is 0 Å². The Kier molecular flexibility index (Phi) is 5.31. The number of hydrogen-bond donors (Lipinski definition) is 0. The number of aromatic nitrogens is 1. The summed E-state index contributed by atoms with van der Waals surface area (Å²) in [5, 5.41) is 0. The van der Waals surface area contributed by atoms with Crippen LogP contribution in [-0.2, 0) is 11.3 Å². The Labute approximate surface area is 164 Å². The largest absolute Gasteiger partial charge is 0.294 e. The maximum atomic E-state index is 12.5. The second-order valence-corrected chi connectivity index (χ2v) is 7.06. The van der Waals surface area contributed by atoms with Gasteiger partial charge in [0.1, 0.15) is 0 Å². The highest BCUT2D eigenvalue weighted by molar-refractivity contribution is 6.01. The van der Waals surface area contributed by atoms with E-state index in [1.165, 1.54) is 5.56 Å². The van der Waals surface area contributed by atoms with Crippen LogP contribution in [0.15, 0.2) is 84.7 Å². The van der Waals surface area contributed by atoms with Gasteiger partial charge in [0.25, 0.3) is 5.91 Å².